The molecule has 0 aliphatic carbocycles. The van der Waals surface area contributed by atoms with E-state index in [4.69, 9.17) is 0 Å². The van der Waals surface area contributed by atoms with Gasteiger partial charge in [0.1, 0.15) is 11.2 Å². The van der Waals surface area contributed by atoms with Crippen molar-refractivity contribution < 1.29 is 0 Å². The summed E-state index contributed by atoms with van der Waals surface area (Å²) in [4.78, 5) is 27.6. The normalized spacial score (nSPS) is 11.3. The highest BCUT2D eigenvalue weighted by atomic mass is 16.1. The second-order valence-electron chi connectivity index (χ2n) is 6.55. The van der Waals surface area contributed by atoms with Crippen LogP contribution in [0.15, 0.2) is 59.5 Å². The van der Waals surface area contributed by atoms with Crippen LogP contribution in [0, 0.1) is 6.92 Å². The van der Waals surface area contributed by atoms with E-state index in [0.717, 1.165) is 28.1 Å². The van der Waals surface area contributed by atoms with E-state index in [-0.39, 0.29) is 5.56 Å². The molecule has 0 radical (unpaired) electrons. The monoisotopic (exact) mass is 371 g/mol. The largest absolute Gasteiger partial charge is 0.348 e. The molecular formula is C20H17N7O. The van der Waals surface area contributed by atoms with E-state index >= 15 is 0 Å². The second kappa shape index (κ2) is 6.34. The van der Waals surface area contributed by atoms with Crippen LogP contribution < -0.4 is 10.9 Å². The Labute approximate surface area is 159 Å². The number of fused-ring (bicyclic) bond motifs is 2. The number of anilines is 1. The topological polar surface area (TPSA) is 104 Å². The van der Waals surface area contributed by atoms with E-state index in [1.54, 1.807) is 4.68 Å². The fraction of sp³-hybridized carbons (Fsp3) is 0.100. The molecule has 0 fully saturated rings. The quantitative estimate of drug-likeness (QED) is 0.451. The van der Waals surface area contributed by atoms with Crippen LogP contribution in [0.3, 0.4) is 0 Å². The van der Waals surface area contributed by atoms with Crippen molar-refractivity contribution in [1.29, 1.82) is 0 Å². The number of imidazole rings is 1. The minimum atomic E-state index is -0.241. The van der Waals surface area contributed by atoms with Gasteiger partial charge in [-0.05, 0) is 30.7 Å². The molecule has 0 spiro atoms. The number of H-pyrrole nitrogens is 2. The molecule has 28 heavy (non-hydrogen) atoms. The van der Waals surface area contributed by atoms with Gasteiger partial charge in [-0.15, -0.1) is 0 Å². The lowest BCUT2D eigenvalue weighted by atomic mass is 10.2. The van der Waals surface area contributed by atoms with E-state index in [1.807, 2.05) is 55.5 Å². The minimum Gasteiger partial charge on any atom is -0.348 e. The van der Waals surface area contributed by atoms with Crippen molar-refractivity contribution in [1.82, 2.24) is 29.7 Å². The highest BCUT2D eigenvalue weighted by Crippen LogP contribution is 2.17. The summed E-state index contributed by atoms with van der Waals surface area (Å²) >= 11 is 0. The maximum absolute atomic E-state index is 12.4. The van der Waals surface area contributed by atoms with Crippen LogP contribution in [0.25, 0.3) is 27.8 Å². The fourth-order valence-corrected chi connectivity index (χ4v) is 3.24. The van der Waals surface area contributed by atoms with E-state index in [0.29, 0.717) is 23.5 Å². The van der Waals surface area contributed by atoms with Crippen molar-refractivity contribution in [3.8, 4) is 5.69 Å². The molecule has 0 saturated carbocycles. The molecule has 0 saturated heterocycles. The van der Waals surface area contributed by atoms with Gasteiger partial charge >= 0.3 is 0 Å². The molecular weight excluding hydrogens is 354 g/mol. The van der Waals surface area contributed by atoms with Gasteiger partial charge in [-0.2, -0.15) is 10.1 Å². The highest BCUT2D eigenvalue weighted by Gasteiger charge is 2.12. The molecule has 0 amide bonds. The number of para-hydroxylation sites is 2. The lowest BCUT2D eigenvalue weighted by Crippen LogP contribution is -2.14. The molecule has 3 aromatic heterocycles. The van der Waals surface area contributed by atoms with Gasteiger partial charge in [0, 0.05) is 0 Å². The SMILES string of the molecule is Cc1cccc2[nH]c(CNc3nc4c(cnn4-c4ccccc4)c(=O)[nH]3)nc12. The zero-order valence-corrected chi connectivity index (χ0v) is 15.1. The number of aryl methyl sites for hydroxylation is 1. The van der Waals surface area contributed by atoms with E-state index in [9.17, 15) is 4.79 Å². The third-order valence-electron chi connectivity index (χ3n) is 4.63. The van der Waals surface area contributed by atoms with Gasteiger partial charge in [-0.25, -0.2) is 9.67 Å². The Bertz CT molecular complexity index is 1350. The summed E-state index contributed by atoms with van der Waals surface area (Å²) < 4.78 is 1.65. The predicted octanol–water partition coefficient (Wildman–Crippen LogP) is 2.91. The number of hydrogen-bond donors (Lipinski definition) is 3. The Balaban J connectivity index is 1.49. The van der Waals surface area contributed by atoms with Crippen LogP contribution in [-0.4, -0.2) is 29.7 Å². The van der Waals surface area contributed by atoms with Crippen molar-refractivity contribution >= 4 is 28.0 Å². The zero-order valence-electron chi connectivity index (χ0n) is 15.1. The van der Waals surface area contributed by atoms with Crippen LogP contribution in [-0.2, 0) is 6.54 Å². The highest BCUT2D eigenvalue weighted by molar-refractivity contribution is 5.78. The first-order chi connectivity index (χ1) is 13.7. The lowest BCUT2D eigenvalue weighted by molar-refractivity contribution is 0.892. The molecule has 0 aliphatic heterocycles. The number of rotatable bonds is 4. The number of nitrogens with one attached hydrogen (secondary N) is 3. The molecule has 0 aliphatic rings. The number of aromatic amines is 2. The molecule has 3 N–H and O–H groups in total. The van der Waals surface area contributed by atoms with Gasteiger partial charge in [-0.1, -0.05) is 30.3 Å². The lowest BCUT2D eigenvalue weighted by Gasteiger charge is -2.05. The summed E-state index contributed by atoms with van der Waals surface area (Å²) in [7, 11) is 0. The molecule has 0 atom stereocenters. The summed E-state index contributed by atoms with van der Waals surface area (Å²) in [5.41, 5.74) is 4.14. The van der Waals surface area contributed by atoms with Gasteiger partial charge in [0.05, 0.1) is 29.5 Å². The summed E-state index contributed by atoms with van der Waals surface area (Å²) in [5.74, 6) is 1.14. The van der Waals surface area contributed by atoms with Crippen molar-refractivity contribution in [3.05, 3.63) is 76.5 Å². The molecule has 8 nitrogen and oxygen atoms in total. The van der Waals surface area contributed by atoms with Gasteiger partial charge in [0.15, 0.2) is 5.65 Å². The van der Waals surface area contributed by atoms with Gasteiger partial charge in [-0.3, -0.25) is 9.78 Å². The minimum absolute atomic E-state index is 0.241. The Hall–Kier alpha value is -3.94. The molecule has 5 aromatic rings. The first-order valence-corrected chi connectivity index (χ1v) is 8.90. The smallest absolute Gasteiger partial charge is 0.263 e. The average molecular weight is 371 g/mol. The summed E-state index contributed by atoms with van der Waals surface area (Å²) in [6, 6.07) is 15.6. The van der Waals surface area contributed by atoms with Crippen LogP contribution in [0.1, 0.15) is 11.4 Å². The van der Waals surface area contributed by atoms with Gasteiger partial charge < -0.3 is 10.3 Å². The molecule has 3 heterocycles. The summed E-state index contributed by atoms with van der Waals surface area (Å²) in [6.07, 6.45) is 1.53. The van der Waals surface area contributed by atoms with Crippen LogP contribution in [0.4, 0.5) is 5.95 Å². The van der Waals surface area contributed by atoms with Crippen LogP contribution in [0.5, 0.6) is 0 Å². The predicted molar refractivity (Wildman–Crippen MR) is 108 cm³/mol. The molecule has 2 aromatic carbocycles. The standard InChI is InChI=1S/C20H17N7O/c1-12-6-5-9-15-17(12)24-16(23-15)11-21-20-25-18-14(19(28)26-20)10-22-27(18)13-7-3-2-4-8-13/h2-10H,11H2,1H3,(H,23,24)(H2,21,25,26,28). The third kappa shape index (κ3) is 2.71. The third-order valence-corrected chi connectivity index (χ3v) is 4.63. The van der Waals surface area contributed by atoms with Crippen LogP contribution in [0.2, 0.25) is 0 Å². The first kappa shape index (κ1) is 16.2. The number of hydrogen-bond acceptors (Lipinski definition) is 5. The Morgan fingerprint density at radius 2 is 1.89 bits per heavy atom. The fourth-order valence-electron chi connectivity index (χ4n) is 3.24. The van der Waals surface area contributed by atoms with E-state index < -0.39 is 0 Å². The zero-order chi connectivity index (χ0) is 19.1. The van der Waals surface area contributed by atoms with Crippen molar-refractivity contribution in [2.24, 2.45) is 0 Å². The second-order valence-corrected chi connectivity index (χ2v) is 6.55. The Morgan fingerprint density at radius 1 is 1.04 bits per heavy atom. The average Bonchev–Trinajstić information content (AvgIpc) is 3.32. The maximum atomic E-state index is 12.4. The van der Waals surface area contributed by atoms with Crippen molar-refractivity contribution in [2.75, 3.05) is 5.32 Å². The summed E-state index contributed by atoms with van der Waals surface area (Å²) in [6.45, 7) is 2.43. The molecule has 0 unspecified atom stereocenters. The molecule has 138 valence electrons. The van der Waals surface area contributed by atoms with Crippen molar-refractivity contribution in [2.45, 2.75) is 13.5 Å². The van der Waals surface area contributed by atoms with Gasteiger partial charge in [0.25, 0.3) is 5.56 Å². The molecule has 5 rings (SSSR count). The Morgan fingerprint density at radius 3 is 2.71 bits per heavy atom. The Kier molecular flexibility index (Phi) is 3.68. The van der Waals surface area contributed by atoms with Crippen molar-refractivity contribution in [3.63, 3.8) is 0 Å². The maximum Gasteiger partial charge on any atom is 0.263 e. The number of nitrogens with zero attached hydrogens (tertiary/aromatic N) is 4. The first-order valence-electron chi connectivity index (χ1n) is 8.90. The molecule has 8 heteroatoms. The van der Waals surface area contributed by atoms with E-state index in [1.165, 1.54) is 6.20 Å². The van der Waals surface area contributed by atoms with Gasteiger partial charge in [0.2, 0.25) is 5.95 Å². The van der Waals surface area contributed by atoms with E-state index in [2.05, 4.69) is 30.4 Å². The summed E-state index contributed by atoms with van der Waals surface area (Å²) in [5, 5.41) is 7.89. The number of benzene rings is 2. The molecule has 0 bridgehead atoms. The number of aromatic nitrogens is 6. The van der Waals surface area contributed by atoms with Crippen LogP contribution >= 0.6 is 0 Å².